The van der Waals surface area contributed by atoms with Crippen molar-refractivity contribution in [2.45, 2.75) is 59.0 Å². The van der Waals surface area contributed by atoms with E-state index < -0.39 is 5.60 Å². The second kappa shape index (κ2) is 4.18. The van der Waals surface area contributed by atoms with E-state index in [1.54, 1.807) is 0 Å². The molecule has 0 aromatic heterocycles. The summed E-state index contributed by atoms with van der Waals surface area (Å²) in [6.07, 6.45) is 7.05. The third-order valence-electron chi connectivity index (χ3n) is 4.94. The van der Waals surface area contributed by atoms with Crippen LogP contribution in [0, 0.1) is 23.7 Å². The molecule has 1 fully saturated rings. The van der Waals surface area contributed by atoms with E-state index in [0.29, 0.717) is 23.7 Å². The predicted molar refractivity (Wildman–Crippen MR) is 68.2 cm³/mol. The highest BCUT2D eigenvalue weighted by Gasteiger charge is 2.49. The Bertz CT molecular complexity index is 292. The zero-order chi connectivity index (χ0) is 11.9. The van der Waals surface area contributed by atoms with E-state index in [4.69, 9.17) is 0 Å². The number of aliphatic hydroxyl groups is 1. The summed E-state index contributed by atoms with van der Waals surface area (Å²) >= 11 is 0. The number of rotatable bonds is 1. The van der Waals surface area contributed by atoms with Crippen molar-refractivity contribution in [3.05, 3.63) is 11.6 Å². The lowest BCUT2D eigenvalue weighted by Gasteiger charge is -2.51. The first-order valence-electron chi connectivity index (χ1n) is 6.86. The normalized spacial score (nSPS) is 44.1. The second-order valence-electron chi connectivity index (χ2n) is 6.43. The van der Waals surface area contributed by atoms with E-state index in [2.05, 4.69) is 33.8 Å². The summed E-state index contributed by atoms with van der Waals surface area (Å²) in [5.74, 6) is 2.23. The van der Waals surface area contributed by atoms with Crippen LogP contribution in [0.4, 0.5) is 0 Å². The number of hydrogen-bond acceptors (Lipinski definition) is 1. The molecule has 2 rings (SSSR count). The minimum Gasteiger partial charge on any atom is -0.385 e. The smallest absolute Gasteiger partial charge is 0.0891 e. The van der Waals surface area contributed by atoms with Crippen molar-refractivity contribution >= 4 is 0 Å². The van der Waals surface area contributed by atoms with Gasteiger partial charge in [0.2, 0.25) is 0 Å². The molecule has 0 bridgehead atoms. The van der Waals surface area contributed by atoms with Crippen molar-refractivity contribution in [2.75, 3.05) is 0 Å². The van der Waals surface area contributed by atoms with Gasteiger partial charge >= 0.3 is 0 Å². The van der Waals surface area contributed by atoms with Gasteiger partial charge in [-0.1, -0.05) is 32.4 Å². The van der Waals surface area contributed by atoms with Crippen LogP contribution in [0.3, 0.4) is 0 Å². The van der Waals surface area contributed by atoms with Crippen molar-refractivity contribution in [1.82, 2.24) is 0 Å². The van der Waals surface area contributed by atoms with Gasteiger partial charge in [0.25, 0.3) is 0 Å². The van der Waals surface area contributed by atoms with Crippen LogP contribution in [-0.4, -0.2) is 10.7 Å². The highest BCUT2D eigenvalue weighted by atomic mass is 16.3. The first-order valence-corrected chi connectivity index (χ1v) is 6.86. The van der Waals surface area contributed by atoms with Crippen LogP contribution >= 0.6 is 0 Å². The van der Waals surface area contributed by atoms with Gasteiger partial charge in [0.15, 0.2) is 0 Å². The van der Waals surface area contributed by atoms with Crippen molar-refractivity contribution in [1.29, 1.82) is 0 Å². The summed E-state index contributed by atoms with van der Waals surface area (Å²) in [6, 6.07) is 0. The van der Waals surface area contributed by atoms with Crippen molar-refractivity contribution in [3.8, 4) is 0 Å². The summed E-state index contributed by atoms with van der Waals surface area (Å²) in [4.78, 5) is 0. The van der Waals surface area contributed by atoms with E-state index in [0.717, 1.165) is 0 Å². The van der Waals surface area contributed by atoms with Gasteiger partial charge in [-0.25, -0.2) is 0 Å². The highest BCUT2D eigenvalue weighted by molar-refractivity contribution is 5.20. The monoisotopic (exact) mass is 222 g/mol. The zero-order valence-corrected chi connectivity index (χ0v) is 11.2. The highest BCUT2D eigenvalue weighted by Crippen LogP contribution is 2.50. The lowest BCUT2D eigenvalue weighted by Crippen LogP contribution is -2.52. The fourth-order valence-electron chi connectivity index (χ4n) is 4.05. The van der Waals surface area contributed by atoms with E-state index in [1.807, 2.05) is 0 Å². The van der Waals surface area contributed by atoms with Gasteiger partial charge in [0, 0.05) is 0 Å². The Labute approximate surface area is 99.9 Å². The van der Waals surface area contributed by atoms with Gasteiger partial charge in [-0.2, -0.15) is 0 Å². The molecule has 0 heterocycles. The molecule has 1 N–H and O–H groups in total. The quantitative estimate of drug-likeness (QED) is 0.669. The molecule has 92 valence electrons. The Morgan fingerprint density at radius 1 is 1.31 bits per heavy atom. The molecule has 1 heteroatoms. The van der Waals surface area contributed by atoms with Crippen molar-refractivity contribution < 1.29 is 5.11 Å². The Hall–Kier alpha value is -0.300. The average Bonchev–Trinajstić information content (AvgIpc) is 2.15. The number of hydrogen-bond donors (Lipinski definition) is 1. The average molecular weight is 222 g/mol. The first-order chi connectivity index (χ1) is 7.45. The van der Waals surface area contributed by atoms with Gasteiger partial charge < -0.3 is 5.11 Å². The van der Waals surface area contributed by atoms with Gasteiger partial charge in [-0.15, -0.1) is 0 Å². The summed E-state index contributed by atoms with van der Waals surface area (Å²) in [5.41, 5.74) is 0.882. The van der Waals surface area contributed by atoms with E-state index >= 15 is 0 Å². The standard InChI is InChI=1S/C15H26O/c1-10(2)13-8-6-12(4)14-7-5-11(3)9-15(13,14)16/h9-10,12-14,16H,5-8H2,1-4H3. The molecule has 0 aromatic rings. The molecule has 1 nitrogen and oxygen atoms in total. The molecule has 0 radical (unpaired) electrons. The number of fused-ring (bicyclic) bond motifs is 1. The molecular formula is C15H26O. The minimum atomic E-state index is -0.506. The summed E-state index contributed by atoms with van der Waals surface area (Å²) in [6.45, 7) is 9.01. The molecule has 16 heavy (non-hydrogen) atoms. The van der Waals surface area contributed by atoms with Crippen LogP contribution in [0.15, 0.2) is 11.6 Å². The van der Waals surface area contributed by atoms with Crippen LogP contribution in [-0.2, 0) is 0 Å². The maximum atomic E-state index is 11.1. The minimum absolute atomic E-state index is 0.462. The third kappa shape index (κ3) is 1.84. The third-order valence-corrected chi connectivity index (χ3v) is 4.94. The number of allylic oxidation sites excluding steroid dienone is 1. The molecule has 4 atom stereocenters. The Morgan fingerprint density at radius 2 is 2.00 bits per heavy atom. The van der Waals surface area contributed by atoms with Gasteiger partial charge in [0.1, 0.15) is 0 Å². The van der Waals surface area contributed by atoms with Crippen molar-refractivity contribution in [3.63, 3.8) is 0 Å². The van der Waals surface area contributed by atoms with E-state index in [9.17, 15) is 5.11 Å². The lowest BCUT2D eigenvalue weighted by molar-refractivity contribution is -0.0991. The van der Waals surface area contributed by atoms with Gasteiger partial charge in [-0.3, -0.25) is 0 Å². The molecule has 2 aliphatic carbocycles. The Balaban J connectivity index is 2.35. The van der Waals surface area contributed by atoms with Crippen LogP contribution in [0.5, 0.6) is 0 Å². The lowest BCUT2D eigenvalue weighted by atomic mass is 9.57. The van der Waals surface area contributed by atoms with Crippen LogP contribution < -0.4 is 0 Å². The first kappa shape index (κ1) is 12.2. The zero-order valence-electron chi connectivity index (χ0n) is 11.2. The molecule has 4 unspecified atom stereocenters. The van der Waals surface area contributed by atoms with Crippen LogP contribution in [0.2, 0.25) is 0 Å². The maximum Gasteiger partial charge on any atom is 0.0891 e. The molecule has 0 amide bonds. The Morgan fingerprint density at radius 3 is 2.62 bits per heavy atom. The van der Waals surface area contributed by atoms with Crippen LogP contribution in [0.1, 0.15) is 53.4 Å². The molecule has 0 aromatic carbocycles. The molecule has 0 aliphatic heterocycles. The second-order valence-corrected chi connectivity index (χ2v) is 6.43. The molecule has 0 spiro atoms. The van der Waals surface area contributed by atoms with Crippen LogP contribution in [0.25, 0.3) is 0 Å². The largest absolute Gasteiger partial charge is 0.385 e. The fourth-order valence-corrected chi connectivity index (χ4v) is 4.05. The summed E-state index contributed by atoms with van der Waals surface area (Å²) in [5, 5.41) is 11.1. The maximum absolute atomic E-state index is 11.1. The predicted octanol–water partition coefficient (Wildman–Crippen LogP) is 3.78. The summed E-state index contributed by atoms with van der Waals surface area (Å²) in [7, 11) is 0. The summed E-state index contributed by atoms with van der Waals surface area (Å²) < 4.78 is 0. The molecular weight excluding hydrogens is 196 g/mol. The molecule has 2 aliphatic rings. The topological polar surface area (TPSA) is 20.2 Å². The van der Waals surface area contributed by atoms with Crippen molar-refractivity contribution in [2.24, 2.45) is 23.7 Å². The molecule has 1 saturated carbocycles. The molecule has 0 saturated heterocycles. The van der Waals surface area contributed by atoms with E-state index in [-0.39, 0.29) is 0 Å². The SMILES string of the molecule is CC1=CC2(O)C(C(C)C)CCC(C)C2CC1. The Kier molecular flexibility index (Phi) is 3.18. The van der Waals surface area contributed by atoms with Gasteiger partial charge in [-0.05, 0) is 56.3 Å². The fraction of sp³-hybridized carbons (Fsp3) is 0.867. The van der Waals surface area contributed by atoms with Gasteiger partial charge in [0.05, 0.1) is 5.60 Å². The van der Waals surface area contributed by atoms with E-state index in [1.165, 1.54) is 31.3 Å².